The number of ether oxygens (including phenoxy) is 1. The number of nitrogens with zero attached hydrogens (tertiary/aromatic N) is 3. The Morgan fingerprint density at radius 1 is 1.10 bits per heavy atom. The normalized spacial score (nSPS) is 18.0. The van der Waals surface area contributed by atoms with Crippen LogP contribution in [-0.2, 0) is 14.3 Å². The lowest BCUT2D eigenvalue weighted by atomic mass is 9.92. The fourth-order valence-corrected chi connectivity index (χ4v) is 1.94. The lowest BCUT2D eigenvalue weighted by Gasteiger charge is -2.26. The summed E-state index contributed by atoms with van der Waals surface area (Å²) in [5, 5.41) is 18.1. The number of hydrogen-bond donors (Lipinski definition) is 0. The average Bonchev–Trinajstić information content (AvgIpc) is 2.51. The topological polar surface area (TPSA) is 94.2 Å². The molecule has 0 atom stereocenters. The first-order chi connectivity index (χ1) is 10.2. The summed E-state index contributed by atoms with van der Waals surface area (Å²) in [6, 6.07) is 3.24. The molecule has 0 saturated carbocycles. The summed E-state index contributed by atoms with van der Waals surface area (Å²) in [6.45, 7) is 3.38. The Balaban J connectivity index is 2.60. The predicted molar refractivity (Wildman–Crippen MR) is 71.3 cm³/mol. The number of ketones is 2. The summed E-state index contributed by atoms with van der Waals surface area (Å²) >= 11 is 0. The Kier molecular flexibility index (Phi) is 4.01. The van der Waals surface area contributed by atoms with Gasteiger partial charge in [-0.15, -0.1) is 0 Å². The van der Waals surface area contributed by atoms with E-state index in [0.29, 0.717) is 0 Å². The maximum absolute atomic E-state index is 12.4. The van der Waals surface area contributed by atoms with Crippen molar-refractivity contribution >= 4 is 11.6 Å². The zero-order chi connectivity index (χ0) is 15.4. The van der Waals surface area contributed by atoms with Crippen molar-refractivity contribution in [2.45, 2.75) is 6.92 Å². The second kappa shape index (κ2) is 5.89. The van der Waals surface area contributed by atoms with Crippen LogP contribution in [0, 0.1) is 29.2 Å². The molecular weight excluding hydrogens is 270 g/mol. The van der Waals surface area contributed by atoms with E-state index in [1.165, 1.54) is 4.90 Å². The highest BCUT2D eigenvalue weighted by Crippen LogP contribution is 2.29. The molecule has 1 aliphatic carbocycles. The molecule has 103 valence electrons. The van der Waals surface area contributed by atoms with Crippen LogP contribution in [-0.4, -0.2) is 23.1 Å². The Hall–Kier alpha value is -3.12. The van der Waals surface area contributed by atoms with Crippen molar-refractivity contribution in [3.63, 3.8) is 0 Å². The van der Waals surface area contributed by atoms with Gasteiger partial charge in [0.05, 0.1) is 13.2 Å². The van der Waals surface area contributed by atoms with Crippen LogP contribution in [0.25, 0.3) is 0 Å². The number of allylic oxidation sites excluding steroid dienone is 4. The van der Waals surface area contributed by atoms with Crippen molar-refractivity contribution < 1.29 is 14.3 Å². The van der Waals surface area contributed by atoms with Crippen LogP contribution < -0.4 is 0 Å². The van der Waals surface area contributed by atoms with E-state index in [4.69, 9.17) is 15.3 Å². The Labute approximate surface area is 121 Å². The van der Waals surface area contributed by atoms with E-state index in [-0.39, 0.29) is 18.1 Å². The van der Waals surface area contributed by atoms with Gasteiger partial charge >= 0.3 is 0 Å². The van der Waals surface area contributed by atoms with Gasteiger partial charge in [0.2, 0.25) is 11.6 Å². The molecule has 0 amide bonds. The second-order valence-corrected chi connectivity index (χ2v) is 4.03. The molecular formula is C15H10N3O3. The van der Waals surface area contributed by atoms with Crippen LogP contribution in [0.1, 0.15) is 6.92 Å². The molecule has 0 aromatic rings. The van der Waals surface area contributed by atoms with Gasteiger partial charge < -0.3 is 9.64 Å². The van der Waals surface area contributed by atoms with E-state index in [1.807, 2.05) is 0 Å². The lowest BCUT2D eigenvalue weighted by Crippen LogP contribution is -2.32. The minimum Gasteiger partial charge on any atom is -0.488 e. The van der Waals surface area contributed by atoms with E-state index < -0.39 is 22.7 Å². The van der Waals surface area contributed by atoms with Gasteiger partial charge in [-0.1, -0.05) is 12.2 Å². The summed E-state index contributed by atoms with van der Waals surface area (Å²) in [5.74, 6) is -1.66. The molecule has 1 aliphatic heterocycles. The Bertz CT molecular complexity index is 711. The van der Waals surface area contributed by atoms with E-state index >= 15 is 0 Å². The first kappa shape index (κ1) is 14.3. The van der Waals surface area contributed by atoms with Gasteiger partial charge in [-0.25, -0.2) is 0 Å². The summed E-state index contributed by atoms with van der Waals surface area (Å²) in [6.07, 6.45) is 6.65. The van der Waals surface area contributed by atoms with Gasteiger partial charge in [0.1, 0.15) is 29.0 Å². The predicted octanol–water partition coefficient (Wildman–Crippen LogP) is 1.28. The minimum atomic E-state index is -0.748. The molecule has 1 radical (unpaired) electrons. The number of carbonyl (C=O) groups excluding carboxylic acids is 2. The number of Topliss-reactive ketones (excluding diaryl/α,β-unsaturated/α-hetero) is 2. The molecule has 0 aromatic heterocycles. The van der Waals surface area contributed by atoms with E-state index in [1.54, 1.807) is 50.0 Å². The monoisotopic (exact) mass is 280 g/mol. The van der Waals surface area contributed by atoms with Crippen molar-refractivity contribution in [2.75, 3.05) is 6.61 Å². The Morgan fingerprint density at radius 3 is 2.29 bits per heavy atom. The maximum atomic E-state index is 12.4. The molecule has 2 rings (SSSR count). The van der Waals surface area contributed by atoms with Crippen molar-refractivity contribution in [1.29, 1.82) is 10.5 Å². The molecule has 0 saturated heterocycles. The molecule has 6 heteroatoms. The van der Waals surface area contributed by atoms with Crippen LogP contribution in [0.3, 0.4) is 0 Å². The number of nitriles is 2. The van der Waals surface area contributed by atoms with Gasteiger partial charge in [0.25, 0.3) is 0 Å². The zero-order valence-corrected chi connectivity index (χ0v) is 11.2. The third-order valence-electron chi connectivity index (χ3n) is 2.83. The largest absolute Gasteiger partial charge is 0.488 e. The van der Waals surface area contributed by atoms with Crippen LogP contribution in [0.2, 0.25) is 0 Å². The SMILES string of the molecule is CCOC1=C(N2[CH]C=CC=C2)C(=O)C(C#N)=C(C#N)C1=O. The molecule has 0 aromatic carbocycles. The van der Waals surface area contributed by atoms with Crippen molar-refractivity contribution in [3.05, 3.63) is 53.6 Å². The van der Waals surface area contributed by atoms with E-state index in [0.717, 1.165) is 0 Å². The van der Waals surface area contributed by atoms with Gasteiger partial charge in [-0.05, 0) is 13.0 Å². The van der Waals surface area contributed by atoms with Crippen molar-refractivity contribution in [1.82, 2.24) is 4.90 Å². The van der Waals surface area contributed by atoms with Crippen LogP contribution >= 0.6 is 0 Å². The molecule has 0 unspecified atom stereocenters. The quantitative estimate of drug-likeness (QED) is 0.723. The first-order valence-corrected chi connectivity index (χ1v) is 6.13. The second-order valence-electron chi connectivity index (χ2n) is 4.03. The van der Waals surface area contributed by atoms with E-state index in [9.17, 15) is 9.59 Å². The fourth-order valence-electron chi connectivity index (χ4n) is 1.94. The Morgan fingerprint density at radius 2 is 1.76 bits per heavy atom. The number of carbonyl (C=O) groups is 2. The van der Waals surface area contributed by atoms with Gasteiger partial charge in [-0.3, -0.25) is 9.59 Å². The summed E-state index contributed by atoms with van der Waals surface area (Å²) < 4.78 is 5.25. The smallest absolute Gasteiger partial charge is 0.241 e. The molecule has 6 nitrogen and oxygen atoms in total. The summed E-state index contributed by atoms with van der Waals surface area (Å²) in [7, 11) is 0. The highest BCUT2D eigenvalue weighted by Gasteiger charge is 2.38. The van der Waals surface area contributed by atoms with E-state index in [2.05, 4.69) is 0 Å². The van der Waals surface area contributed by atoms with Crippen LogP contribution in [0.4, 0.5) is 0 Å². The fraction of sp³-hybridized carbons (Fsp3) is 0.133. The average molecular weight is 280 g/mol. The molecule has 0 bridgehead atoms. The summed E-state index contributed by atoms with van der Waals surface area (Å²) in [5.41, 5.74) is -0.999. The molecule has 0 fully saturated rings. The third kappa shape index (κ3) is 2.35. The summed E-state index contributed by atoms with van der Waals surface area (Å²) in [4.78, 5) is 26.1. The molecule has 0 N–H and O–H groups in total. The maximum Gasteiger partial charge on any atom is 0.241 e. The molecule has 1 heterocycles. The minimum absolute atomic E-state index is 0.0574. The van der Waals surface area contributed by atoms with Gasteiger partial charge in [-0.2, -0.15) is 10.5 Å². The third-order valence-corrected chi connectivity index (χ3v) is 2.83. The van der Waals surface area contributed by atoms with Gasteiger partial charge in [0, 0.05) is 6.20 Å². The lowest BCUT2D eigenvalue weighted by molar-refractivity contribution is -0.119. The van der Waals surface area contributed by atoms with Crippen molar-refractivity contribution in [2.24, 2.45) is 0 Å². The molecule has 2 aliphatic rings. The molecule has 0 spiro atoms. The van der Waals surface area contributed by atoms with Gasteiger partial charge in [0.15, 0.2) is 5.76 Å². The number of rotatable bonds is 3. The number of hydrogen-bond acceptors (Lipinski definition) is 6. The zero-order valence-electron chi connectivity index (χ0n) is 11.2. The standard InChI is InChI=1S/C15H10N3O3/c1-2-21-15-12(18-6-4-3-5-7-18)13(19)10(8-16)11(9-17)14(15)20/h3-7H,2H2,1H3. The van der Waals surface area contributed by atoms with Crippen molar-refractivity contribution in [3.8, 4) is 12.1 Å². The highest BCUT2D eigenvalue weighted by molar-refractivity contribution is 6.27. The van der Waals surface area contributed by atoms with Crippen LogP contribution in [0.5, 0.6) is 0 Å². The highest BCUT2D eigenvalue weighted by atomic mass is 16.5. The van der Waals surface area contributed by atoms with Crippen LogP contribution in [0.15, 0.2) is 47.0 Å². The first-order valence-electron chi connectivity index (χ1n) is 6.13. The molecule has 21 heavy (non-hydrogen) atoms.